The summed E-state index contributed by atoms with van der Waals surface area (Å²) in [7, 11) is 1.61. The minimum Gasteiger partial charge on any atom is -0.497 e. The number of hydrogen-bond acceptors (Lipinski definition) is 8. The van der Waals surface area contributed by atoms with E-state index >= 15 is 0 Å². The molecule has 0 radical (unpaired) electrons. The van der Waals surface area contributed by atoms with Gasteiger partial charge in [0, 0.05) is 23.4 Å². The molecular formula is C17H15N3O5S. The minimum atomic E-state index is -0.466. The molecule has 0 aliphatic heterocycles. The number of ether oxygens (including phenoxy) is 2. The van der Waals surface area contributed by atoms with E-state index in [0.29, 0.717) is 23.1 Å². The van der Waals surface area contributed by atoms with Gasteiger partial charge in [-0.2, -0.15) is 0 Å². The van der Waals surface area contributed by atoms with Crippen LogP contribution in [0.1, 0.15) is 0 Å². The van der Waals surface area contributed by atoms with Crippen LogP contribution in [-0.4, -0.2) is 34.6 Å². The Morgan fingerprint density at radius 2 is 1.92 bits per heavy atom. The molecule has 1 aromatic heterocycles. The number of methoxy groups -OCH3 is 1. The molecule has 0 N–H and O–H groups in total. The maximum Gasteiger partial charge on any atom is 0.276 e. The summed E-state index contributed by atoms with van der Waals surface area (Å²) < 4.78 is 16.2. The van der Waals surface area contributed by atoms with E-state index in [1.165, 1.54) is 23.9 Å². The van der Waals surface area contributed by atoms with Gasteiger partial charge in [-0.25, -0.2) is 0 Å². The Morgan fingerprint density at radius 3 is 2.65 bits per heavy atom. The fourth-order valence-corrected chi connectivity index (χ4v) is 2.68. The van der Waals surface area contributed by atoms with E-state index in [4.69, 9.17) is 13.9 Å². The molecule has 0 spiro atoms. The lowest BCUT2D eigenvalue weighted by molar-refractivity contribution is -0.384. The molecule has 9 heteroatoms. The van der Waals surface area contributed by atoms with Crippen LogP contribution in [0.5, 0.6) is 11.5 Å². The van der Waals surface area contributed by atoms with Gasteiger partial charge in [0.1, 0.15) is 11.5 Å². The van der Waals surface area contributed by atoms with Crippen LogP contribution < -0.4 is 9.47 Å². The van der Waals surface area contributed by atoms with Gasteiger partial charge in [0.25, 0.3) is 10.9 Å². The average Bonchev–Trinajstić information content (AvgIpc) is 3.15. The molecule has 0 amide bonds. The average molecular weight is 373 g/mol. The van der Waals surface area contributed by atoms with E-state index in [0.717, 1.165) is 11.5 Å². The Hall–Kier alpha value is -3.07. The van der Waals surface area contributed by atoms with Crippen LogP contribution in [0.15, 0.2) is 58.2 Å². The first-order valence-corrected chi connectivity index (χ1v) is 8.62. The van der Waals surface area contributed by atoms with Gasteiger partial charge in [-0.1, -0.05) is 17.8 Å². The molecule has 0 fully saturated rings. The van der Waals surface area contributed by atoms with Crippen molar-refractivity contribution < 1.29 is 18.8 Å². The molecule has 134 valence electrons. The summed E-state index contributed by atoms with van der Waals surface area (Å²) in [4.78, 5) is 10.4. The number of nitro benzene ring substituents is 1. The van der Waals surface area contributed by atoms with Crippen LogP contribution in [0.4, 0.5) is 5.69 Å². The first kappa shape index (κ1) is 17.7. The van der Waals surface area contributed by atoms with Gasteiger partial charge in [-0.05, 0) is 30.3 Å². The van der Waals surface area contributed by atoms with E-state index in [2.05, 4.69) is 10.2 Å². The van der Waals surface area contributed by atoms with Crippen LogP contribution in [0.25, 0.3) is 11.5 Å². The summed E-state index contributed by atoms with van der Waals surface area (Å²) in [5.41, 5.74) is 0.482. The second kappa shape index (κ2) is 8.34. The minimum absolute atomic E-state index is 0.0252. The predicted octanol–water partition coefficient (Wildman–Crippen LogP) is 3.82. The number of rotatable bonds is 8. The van der Waals surface area contributed by atoms with Crippen molar-refractivity contribution in [2.75, 3.05) is 19.5 Å². The van der Waals surface area contributed by atoms with Gasteiger partial charge < -0.3 is 13.9 Å². The molecule has 0 atom stereocenters. The number of thioether (sulfide) groups is 1. The maximum absolute atomic E-state index is 10.8. The van der Waals surface area contributed by atoms with Gasteiger partial charge in [0.15, 0.2) is 0 Å². The highest BCUT2D eigenvalue weighted by Gasteiger charge is 2.13. The summed E-state index contributed by atoms with van der Waals surface area (Å²) in [6.07, 6.45) is 0. The Balaban J connectivity index is 1.52. The van der Waals surface area contributed by atoms with Gasteiger partial charge in [-0.15, -0.1) is 10.2 Å². The van der Waals surface area contributed by atoms with Gasteiger partial charge in [0.05, 0.1) is 18.6 Å². The molecule has 0 unspecified atom stereocenters. The highest BCUT2D eigenvalue weighted by Crippen LogP contribution is 2.26. The summed E-state index contributed by atoms with van der Waals surface area (Å²) in [6, 6.07) is 13.4. The molecule has 0 aliphatic carbocycles. The SMILES string of the molecule is COc1ccc(OCCSc2nnc(-c3cccc([N+](=O)[O-])c3)o2)cc1. The van der Waals surface area contributed by atoms with E-state index < -0.39 is 4.92 Å². The zero-order chi connectivity index (χ0) is 18.4. The van der Waals surface area contributed by atoms with E-state index in [-0.39, 0.29) is 11.6 Å². The molecule has 3 aromatic rings. The highest BCUT2D eigenvalue weighted by atomic mass is 32.2. The normalized spacial score (nSPS) is 10.5. The first-order chi connectivity index (χ1) is 12.7. The van der Waals surface area contributed by atoms with Gasteiger partial charge >= 0.3 is 0 Å². The van der Waals surface area contributed by atoms with Crippen molar-refractivity contribution in [2.45, 2.75) is 5.22 Å². The Bertz CT molecular complexity index is 882. The maximum atomic E-state index is 10.8. The second-order valence-electron chi connectivity index (χ2n) is 5.05. The molecule has 3 rings (SSSR count). The van der Waals surface area contributed by atoms with Crippen LogP contribution in [0.3, 0.4) is 0 Å². The molecule has 1 heterocycles. The largest absolute Gasteiger partial charge is 0.497 e. The van der Waals surface area contributed by atoms with Crippen LogP contribution in [0.2, 0.25) is 0 Å². The van der Waals surface area contributed by atoms with Crippen molar-refractivity contribution in [2.24, 2.45) is 0 Å². The molecule has 0 saturated carbocycles. The fraction of sp³-hybridized carbons (Fsp3) is 0.176. The summed E-state index contributed by atoms with van der Waals surface area (Å²) in [6.45, 7) is 0.464. The van der Waals surface area contributed by atoms with Gasteiger partial charge in [0.2, 0.25) is 5.89 Å². The lowest BCUT2D eigenvalue weighted by atomic mass is 10.2. The number of nitrogens with zero attached hydrogens (tertiary/aromatic N) is 3. The van der Waals surface area contributed by atoms with Crippen LogP contribution in [-0.2, 0) is 0 Å². The number of benzene rings is 2. The molecule has 2 aromatic carbocycles. The Morgan fingerprint density at radius 1 is 1.15 bits per heavy atom. The van der Waals surface area contributed by atoms with Crippen molar-refractivity contribution in [1.29, 1.82) is 0 Å². The van der Waals surface area contributed by atoms with E-state index in [1.807, 2.05) is 24.3 Å². The van der Waals surface area contributed by atoms with E-state index in [9.17, 15) is 10.1 Å². The lowest BCUT2D eigenvalue weighted by Gasteiger charge is -2.05. The Kier molecular flexibility index (Phi) is 5.69. The third-order valence-electron chi connectivity index (χ3n) is 3.35. The molecule has 0 bridgehead atoms. The van der Waals surface area contributed by atoms with Crippen molar-refractivity contribution in [3.8, 4) is 23.0 Å². The summed E-state index contributed by atoms with van der Waals surface area (Å²) in [5.74, 6) is 2.37. The molecule has 8 nitrogen and oxygen atoms in total. The molecular weight excluding hydrogens is 358 g/mol. The van der Waals surface area contributed by atoms with Crippen molar-refractivity contribution in [3.63, 3.8) is 0 Å². The standard InChI is InChI=1S/C17H15N3O5S/c1-23-14-5-7-15(8-6-14)24-9-10-26-17-19-18-16(25-17)12-3-2-4-13(11-12)20(21)22/h2-8,11H,9-10H2,1H3. The molecule has 0 saturated heterocycles. The summed E-state index contributed by atoms with van der Waals surface area (Å²) in [5, 5.41) is 19.1. The first-order valence-electron chi connectivity index (χ1n) is 7.63. The molecule has 26 heavy (non-hydrogen) atoms. The third kappa shape index (κ3) is 4.51. The summed E-state index contributed by atoms with van der Waals surface area (Å²) >= 11 is 1.35. The van der Waals surface area contributed by atoms with Crippen molar-refractivity contribution >= 4 is 17.4 Å². The van der Waals surface area contributed by atoms with Crippen molar-refractivity contribution in [1.82, 2.24) is 10.2 Å². The van der Waals surface area contributed by atoms with Crippen molar-refractivity contribution in [3.05, 3.63) is 58.6 Å². The molecule has 0 aliphatic rings. The quantitative estimate of drug-likeness (QED) is 0.254. The number of nitro groups is 1. The zero-order valence-electron chi connectivity index (χ0n) is 13.8. The fourth-order valence-electron chi connectivity index (χ4n) is 2.10. The van der Waals surface area contributed by atoms with Crippen LogP contribution >= 0.6 is 11.8 Å². The highest BCUT2D eigenvalue weighted by molar-refractivity contribution is 7.99. The zero-order valence-corrected chi connectivity index (χ0v) is 14.6. The van der Waals surface area contributed by atoms with Gasteiger partial charge in [-0.3, -0.25) is 10.1 Å². The smallest absolute Gasteiger partial charge is 0.276 e. The predicted molar refractivity (Wildman–Crippen MR) is 95.6 cm³/mol. The third-order valence-corrected chi connectivity index (χ3v) is 4.13. The number of hydrogen-bond donors (Lipinski definition) is 0. The van der Waals surface area contributed by atoms with Crippen LogP contribution in [0, 0.1) is 10.1 Å². The number of aromatic nitrogens is 2. The van der Waals surface area contributed by atoms with E-state index in [1.54, 1.807) is 19.2 Å². The monoisotopic (exact) mass is 373 g/mol. The lowest BCUT2D eigenvalue weighted by Crippen LogP contribution is -1.99. The number of non-ortho nitro benzene ring substituents is 1. The topological polar surface area (TPSA) is 101 Å². The second-order valence-corrected chi connectivity index (χ2v) is 6.10. The Labute approximate surface area is 153 Å².